The zero-order valence-electron chi connectivity index (χ0n) is 11.0. The highest BCUT2D eigenvalue weighted by atomic mass is 35.5. The zero-order valence-corrected chi connectivity index (χ0v) is 11.8. The van der Waals surface area contributed by atoms with Crippen molar-refractivity contribution in [2.75, 3.05) is 6.54 Å². The van der Waals surface area contributed by atoms with Crippen LogP contribution in [-0.4, -0.2) is 23.7 Å². The quantitative estimate of drug-likeness (QED) is 0.802. The smallest absolute Gasteiger partial charge is 0.320 e. The number of hydrogen-bond donors (Lipinski definition) is 2. The van der Waals surface area contributed by atoms with Crippen LogP contribution < -0.4 is 5.32 Å². The molecule has 1 unspecified atom stereocenters. The summed E-state index contributed by atoms with van der Waals surface area (Å²) in [5.41, 5.74) is 2.49. The van der Waals surface area contributed by atoms with Gasteiger partial charge in [0.05, 0.1) is 0 Å². The second-order valence-electron chi connectivity index (χ2n) is 4.37. The van der Waals surface area contributed by atoms with Crippen molar-refractivity contribution in [3.8, 4) is 0 Å². The zero-order chi connectivity index (χ0) is 12.7. The largest absolute Gasteiger partial charge is 0.480 e. The molecule has 0 heterocycles. The molecule has 1 rings (SSSR count). The van der Waals surface area contributed by atoms with Gasteiger partial charge < -0.3 is 10.4 Å². The van der Waals surface area contributed by atoms with Crippen LogP contribution in [0.1, 0.15) is 30.9 Å². The van der Waals surface area contributed by atoms with Crippen LogP contribution in [0, 0.1) is 6.92 Å². The highest BCUT2D eigenvalue weighted by molar-refractivity contribution is 5.85. The maximum absolute atomic E-state index is 10.9. The van der Waals surface area contributed by atoms with E-state index in [0.717, 1.165) is 12.8 Å². The molecule has 0 amide bonds. The molecular formula is C14H22ClNO2. The Bertz CT molecular complexity index is 351. The first-order chi connectivity index (χ1) is 8.13. The van der Waals surface area contributed by atoms with E-state index in [-0.39, 0.29) is 12.4 Å². The maximum Gasteiger partial charge on any atom is 0.320 e. The van der Waals surface area contributed by atoms with Gasteiger partial charge in [-0.1, -0.05) is 43.2 Å². The van der Waals surface area contributed by atoms with Gasteiger partial charge in [-0.2, -0.15) is 0 Å². The molecule has 2 N–H and O–H groups in total. The number of hydrogen-bond acceptors (Lipinski definition) is 2. The van der Waals surface area contributed by atoms with Gasteiger partial charge in [0.1, 0.15) is 6.04 Å². The second kappa shape index (κ2) is 8.95. The molecule has 18 heavy (non-hydrogen) atoms. The van der Waals surface area contributed by atoms with Gasteiger partial charge in [-0.25, -0.2) is 0 Å². The van der Waals surface area contributed by atoms with Crippen molar-refractivity contribution in [2.24, 2.45) is 0 Å². The number of aliphatic carboxylic acids is 1. The Morgan fingerprint density at radius 2 is 1.94 bits per heavy atom. The first kappa shape index (κ1) is 16.9. The van der Waals surface area contributed by atoms with Gasteiger partial charge in [0.25, 0.3) is 0 Å². The summed E-state index contributed by atoms with van der Waals surface area (Å²) < 4.78 is 0. The number of carboxylic acids is 1. The van der Waals surface area contributed by atoms with E-state index < -0.39 is 12.0 Å². The van der Waals surface area contributed by atoms with Crippen molar-refractivity contribution in [3.63, 3.8) is 0 Å². The van der Waals surface area contributed by atoms with Crippen LogP contribution in [0.3, 0.4) is 0 Å². The minimum Gasteiger partial charge on any atom is -0.480 e. The standard InChI is InChI=1S/C14H21NO2.ClH/c1-3-4-13(14(16)17)15-10-9-12-7-5-11(2)6-8-12;/h5-8,13,15H,3-4,9-10H2,1-2H3,(H,16,17);1H. The van der Waals surface area contributed by atoms with Crippen LogP contribution >= 0.6 is 12.4 Å². The predicted molar refractivity (Wildman–Crippen MR) is 76.5 cm³/mol. The first-order valence-electron chi connectivity index (χ1n) is 6.15. The molecule has 102 valence electrons. The molecule has 0 bridgehead atoms. The number of carboxylic acid groups (broad SMARTS) is 1. The molecule has 0 spiro atoms. The normalized spacial score (nSPS) is 11.7. The van der Waals surface area contributed by atoms with Crippen molar-refractivity contribution < 1.29 is 9.90 Å². The molecule has 1 atom stereocenters. The second-order valence-corrected chi connectivity index (χ2v) is 4.37. The Balaban J connectivity index is 0.00000289. The summed E-state index contributed by atoms with van der Waals surface area (Å²) in [6.45, 7) is 4.77. The molecule has 0 saturated carbocycles. The lowest BCUT2D eigenvalue weighted by Crippen LogP contribution is -2.37. The van der Waals surface area contributed by atoms with E-state index in [0.29, 0.717) is 13.0 Å². The van der Waals surface area contributed by atoms with Crippen LogP contribution in [0.2, 0.25) is 0 Å². The fourth-order valence-electron chi connectivity index (χ4n) is 1.75. The lowest BCUT2D eigenvalue weighted by atomic mass is 10.1. The van der Waals surface area contributed by atoms with Crippen molar-refractivity contribution >= 4 is 18.4 Å². The molecule has 0 aliphatic heterocycles. The average Bonchev–Trinajstić information content (AvgIpc) is 2.30. The van der Waals surface area contributed by atoms with E-state index in [9.17, 15) is 4.79 Å². The third-order valence-electron chi connectivity index (χ3n) is 2.80. The third-order valence-corrected chi connectivity index (χ3v) is 2.80. The molecule has 3 nitrogen and oxygen atoms in total. The van der Waals surface area contributed by atoms with Crippen LogP contribution in [-0.2, 0) is 11.2 Å². The summed E-state index contributed by atoms with van der Waals surface area (Å²) in [5, 5.41) is 12.1. The monoisotopic (exact) mass is 271 g/mol. The number of aryl methyl sites for hydroxylation is 1. The minimum absolute atomic E-state index is 0. The summed E-state index contributed by atoms with van der Waals surface area (Å²) in [4.78, 5) is 10.9. The van der Waals surface area contributed by atoms with E-state index in [1.54, 1.807) is 0 Å². The highest BCUT2D eigenvalue weighted by Gasteiger charge is 2.14. The van der Waals surface area contributed by atoms with E-state index >= 15 is 0 Å². The fraction of sp³-hybridized carbons (Fsp3) is 0.500. The number of halogens is 1. The van der Waals surface area contributed by atoms with Gasteiger partial charge in [0.15, 0.2) is 0 Å². The summed E-state index contributed by atoms with van der Waals surface area (Å²) >= 11 is 0. The van der Waals surface area contributed by atoms with E-state index in [2.05, 4.69) is 36.5 Å². The first-order valence-corrected chi connectivity index (χ1v) is 6.15. The van der Waals surface area contributed by atoms with Crippen molar-refractivity contribution in [1.82, 2.24) is 5.32 Å². The van der Waals surface area contributed by atoms with Gasteiger partial charge >= 0.3 is 5.97 Å². The van der Waals surface area contributed by atoms with E-state index in [1.165, 1.54) is 11.1 Å². The molecule has 0 radical (unpaired) electrons. The number of nitrogens with one attached hydrogen (secondary N) is 1. The predicted octanol–water partition coefficient (Wildman–Crippen LogP) is 2.80. The topological polar surface area (TPSA) is 49.3 Å². The van der Waals surface area contributed by atoms with Gasteiger partial charge in [0.2, 0.25) is 0 Å². The van der Waals surface area contributed by atoms with Crippen molar-refractivity contribution in [1.29, 1.82) is 0 Å². The molecular weight excluding hydrogens is 250 g/mol. The Morgan fingerprint density at radius 1 is 1.33 bits per heavy atom. The lowest BCUT2D eigenvalue weighted by Gasteiger charge is -2.13. The molecule has 0 aliphatic carbocycles. The SMILES string of the molecule is CCCC(NCCc1ccc(C)cc1)C(=O)O.Cl. The Morgan fingerprint density at radius 3 is 2.44 bits per heavy atom. The Kier molecular flexibility index (Phi) is 8.42. The summed E-state index contributed by atoms with van der Waals surface area (Å²) in [7, 11) is 0. The maximum atomic E-state index is 10.9. The van der Waals surface area contributed by atoms with Crippen LogP contribution in [0.25, 0.3) is 0 Å². The third kappa shape index (κ3) is 6.03. The number of benzene rings is 1. The Labute approximate surface area is 115 Å². The van der Waals surface area contributed by atoms with Gasteiger partial charge in [-0.15, -0.1) is 12.4 Å². The molecule has 0 fully saturated rings. The van der Waals surface area contributed by atoms with E-state index in [4.69, 9.17) is 5.11 Å². The van der Waals surface area contributed by atoms with E-state index in [1.807, 2.05) is 6.92 Å². The summed E-state index contributed by atoms with van der Waals surface area (Å²) in [6.07, 6.45) is 2.44. The van der Waals surface area contributed by atoms with Crippen LogP contribution in [0.4, 0.5) is 0 Å². The average molecular weight is 272 g/mol. The van der Waals surface area contributed by atoms with Crippen molar-refractivity contribution in [2.45, 2.75) is 39.2 Å². The lowest BCUT2D eigenvalue weighted by molar-refractivity contribution is -0.139. The molecule has 4 heteroatoms. The molecule has 1 aromatic rings. The molecule has 0 aromatic heterocycles. The summed E-state index contributed by atoms with van der Waals surface area (Å²) in [5.74, 6) is -0.754. The van der Waals surface area contributed by atoms with Gasteiger partial charge in [0, 0.05) is 0 Å². The number of rotatable bonds is 7. The number of carbonyl (C=O) groups is 1. The van der Waals surface area contributed by atoms with Crippen LogP contribution in [0.5, 0.6) is 0 Å². The van der Waals surface area contributed by atoms with Gasteiger partial charge in [-0.3, -0.25) is 4.79 Å². The highest BCUT2D eigenvalue weighted by Crippen LogP contribution is 2.04. The molecule has 0 aliphatic rings. The molecule has 1 aromatic carbocycles. The van der Waals surface area contributed by atoms with Gasteiger partial charge in [-0.05, 0) is 31.9 Å². The Hall–Kier alpha value is -1.06. The fourth-order valence-corrected chi connectivity index (χ4v) is 1.75. The molecule has 0 saturated heterocycles. The van der Waals surface area contributed by atoms with Crippen LogP contribution in [0.15, 0.2) is 24.3 Å². The minimum atomic E-state index is -0.754. The van der Waals surface area contributed by atoms with Crippen molar-refractivity contribution in [3.05, 3.63) is 35.4 Å². The summed E-state index contributed by atoms with van der Waals surface area (Å²) in [6, 6.07) is 7.93.